The molecule has 0 unspecified atom stereocenters. The van der Waals surface area contributed by atoms with Crippen molar-refractivity contribution < 1.29 is 9.53 Å². The van der Waals surface area contributed by atoms with Crippen LogP contribution in [0.1, 0.15) is 60.6 Å². The molecule has 138 valence electrons. The van der Waals surface area contributed by atoms with Crippen LogP contribution >= 0.6 is 11.3 Å². The molecule has 2 saturated heterocycles. The Labute approximate surface area is 155 Å². The molecule has 3 heterocycles. The topological polar surface area (TPSA) is 32.8 Å². The van der Waals surface area contributed by atoms with E-state index >= 15 is 0 Å². The predicted octanol–water partition coefficient (Wildman–Crippen LogP) is 3.62. The van der Waals surface area contributed by atoms with Crippen molar-refractivity contribution in [3.63, 3.8) is 0 Å². The molecule has 1 aromatic heterocycles. The molecule has 1 aromatic rings. The largest absolute Gasteiger partial charge is 0.378 e. The lowest BCUT2D eigenvalue weighted by Gasteiger charge is -2.35. The second-order valence-electron chi connectivity index (χ2n) is 7.78. The third-order valence-electron chi connectivity index (χ3n) is 6.02. The monoisotopic (exact) mass is 362 g/mol. The van der Waals surface area contributed by atoms with Crippen molar-refractivity contribution >= 4 is 17.2 Å². The molecule has 0 radical (unpaired) electrons. The highest BCUT2D eigenvalue weighted by molar-refractivity contribution is 7.12. The van der Waals surface area contributed by atoms with Crippen molar-refractivity contribution in [2.45, 2.75) is 63.5 Å². The average molecular weight is 363 g/mol. The van der Waals surface area contributed by atoms with Crippen LogP contribution in [0.5, 0.6) is 0 Å². The summed E-state index contributed by atoms with van der Waals surface area (Å²) in [7, 11) is 0. The van der Waals surface area contributed by atoms with E-state index in [0.717, 1.165) is 51.5 Å². The summed E-state index contributed by atoms with van der Waals surface area (Å²) in [5.74, 6) is 1.12. The van der Waals surface area contributed by atoms with Gasteiger partial charge in [0.05, 0.1) is 13.2 Å². The summed E-state index contributed by atoms with van der Waals surface area (Å²) in [6, 6.07) is 4.90. The Morgan fingerprint density at radius 2 is 1.92 bits per heavy atom. The van der Waals surface area contributed by atoms with Crippen LogP contribution in [0.3, 0.4) is 0 Å². The zero-order chi connectivity index (χ0) is 17.1. The molecule has 0 spiro atoms. The number of ether oxygens (including phenoxy) is 1. The summed E-state index contributed by atoms with van der Waals surface area (Å²) < 4.78 is 5.69. The lowest BCUT2D eigenvalue weighted by molar-refractivity contribution is -0.133. The van der Waals surface area contributed by atoms with Gasteiger partial charge in [-0.3, -0.25) is 9.69 Å². The van der Waals surface area contributed by atoms with Gasteiger partial charge in [0.2, 0.25) is 5.91 Å². The van der Waals surface area contributed by atoms with Crippen LogP contribution in [0.4, 0.5) is 0 Å². The number of nitrogens with zero attached hydrogens (tertiary/aromatic N) is 2. The highest BCUT2D eigenvalue weighted by atomic mass is 32.1. The molecule has 25 heavy (non-hydrogen) atoms. The number of morpholine rings is 1. The normalized spacial score (nSPS) is 25.8. The van der Waals surface area contributed by atoms with Gasteiger partial charge in [-0.1, -0.05) is 12.8 Å². The number of amides is 1. The number of rotatable bonds is 5. The van der Waals surface area contributed by atoms with Gasteiger partial charge in [-0.05, 0) is 43.7 Å². The fraction of sp³-hybridized carbons (Fsp3) is 0.750. The molecule has 3 fully saturated rings. The molecule has 0 N–H and O–H groups in total. The second-order valence-corrected chi connectivity index (χ2v) is 8.98. The minimum atomic E-state index is 0.235. The zero-order valence-electron chi connectivity index (χ0n) is 15.1. The Hall–Kier alpha value is -0.910. The van der Waals surface area contributed by atoms with E-state index in [-0.39, 0.29) is 6.04 Å². The van der Waals surface area contributed by atoms with Gasteiger partial charge in [-0.25, -0.2) is 0 Å². The van der Waals surface area contributed by atoms with E-state index in [4.69, 9.17) is 4.74 Å². The summed E-state index contributed by atoms with van der Waals surface area (Å²) in [5.41, 5.74) is 0. The lowest BCUT2D eigenvalue weighted by atomic mass is 10.1. The smallest absolute Gasteiger partial charge is 0.224 e. The first-order valence-corrected chi connectivity index (χ1v) is 10.8. The summed E-state index contributed by atoms with van der Waals surface area (Å²) in [6.45, 7) is 5.28. The molecule has 1 aliphatic carbocycles. The molecular formula is C20H30N2O2S. The fourth-order valence-corrected chi connectivity index (χ4v) is 5.70. The summed E-state index contributed by atoms with van der Waals surface area (Å²) in [6.07, 6.45) is 8.45. The molecular weight excluding hydrogens is 332 g/mol. The van der Waals surface area contributed by atoms with Crippen LogP contribution in [0, 0.1) is 0 Å². The predicted molar refractivity (Wildman–Crippen MR) is 101 cm³/mol. The molecule has 0 bridgehead atoms. The van der Waals surface area contributed by atoms with Crippen molar-refractivity contribution in [3.05, 3.63) is 21.9 Å². The maximum Gasteiger partial charge on any atom is 0.224 e. The van der Waals surface area contributed by atoms with Crippen LogP contribution in [0.15, 0.2) is 12.1 Å². The third-order valence-corrected chi connectivity index (χ3v) is 7.25. The molecule has 5 heteroatoms. The summed E-state index contributed by atoms with van der Waals surface area (Å²) in [5, 5.41) is 0. The van der Waals surface area contributed by atoms with Gasteiger partial charge in [0.1, 0.15) is 0 Å². The third kappa shape index (κ3) is 4.26. The number of carbonyl (C=O) groups is 1. The molecule has 0 aromatic carbocycles. The summed E-state index contributed by atoms with van der Waals surface area (Å²) >= 11 is 1.99. The van der Waals surface area contributed by atoms with Crippen LogP contribution in [0.2, 0.25) is 0 Å². The van der Waals surface area contributed by atoms with Gasteiger partial charge in [-0.15, -0.1) is 11.3 Å². The van der Waals surface area contributed by atoms with Gasteiger partial charge in [-0.2, -0.15) is 0 Å². The van der Waals surface area contributed by atoms with Crippen molar-refractivity contribution in [2.24, 2.45) is 0 Å². The van der Waals surface area contributed by atoms with Crippen molar-refractivity contribution in [2.75, 3.05) is 32.8 Å². The first kappa shape index (κ1) is 17.5. The fourth-order valence-electron chi connectivity index (χ4n) is 4.49. The molecule has 2 aliphatic heterocycles. The van der Waals surface area contributed by atoms with E-state index in [2.05, 4.69) is 17.0 Å². The number of hydrogen-bond donors (Lipinski definition) is 0. The van der Waals surface area contributed by atoms with Gasteiger partial charge in [0.25, 0.3) is 0 Å². The van der Waals surface area contributed by atoms with E-state index < -0.39 is 0 Å². The van der Waals surface area contributed by atoms with E-state index in [1.165, 1.54) is 30.6 Å². The minimum Gasteiger partial charge on any atom is -0.378 e. The van der Waals surface area contributed by atoms with Crippen LogP contribution < -0.4 is 0 Å². The molecule has 3 aliphatic rings. The molecule has 1 amide bonds. The highest BCUT2D eigenvalue weighted by Gasteiger charge is 2.29. The van der Waals surface area contributed by atoms with Crippen molar-refractivity contribution in [3.8, 4) is 0 Å². The molecule has 4 rings (SSSR count). The van der Waals surface area contributed by atoms with Gasteiger partial charge < -0.3 is 9.64 Å². The van der Waals surface area contributed by atoms with Crippen LogP contribution in [-0.2, 0) is 16.1 Å². The van der Waals surface area contributed by atoms with Gasteiger partial charge >= 0.3 is 0 Å². The first-order valence-electron chi connectivity index (χ1n) is 9.98. The minimum absolute atomic E-state index is 0.235. The maximum atomic E-state index is 12.5. The molecule has 1 saturated carbocycles. The average Bonchev–Trinajstić information content (AvgIpc) is 3.38. The Balaban J connectivity index is 1.36. The Bertz CT molecular complexity index is 576. The Morgan fingerprint density at radius 3 is 2.72 bits per heavy atom. The standard InChI is InChI=1S/C20H30N2O2S/c23-20(21-9-3-4-10-21)13-17-15-24-12-11-22(17)14-18-7-8-19(25-18)16-5-1-2-6-16/h7-8,16-17H,1-6,9-15H2/t17-/m1/s1. The van der Waals surface area contributed by atoms with Crippen LogP contribution in [0.25, 0.3) is 0 Å². The number of likely N-dealkylation sites (tertiary alicyclic amines) is 1. The molecule has 4 nitrogen and oxygen atoms in total. The number of carbonyl (C=O) groups excluding carboxylic acids is 1. The van der Waals surface area contributed by atoms with Crippen LogP contribution in [-0.4, -0.2) is 54.6 Å². The van der Waals surface area contributed by atoms with E-state index in [1.54, 1.807) is 4.88 Å². The lowest BCUT2D eigenvalue weighted by Crippen LogP contribution is -2.47. The summed E-state index contributed by atoms with van der Waals surface area (Å²) in [4.78, 5) is 20.1. The quantitative estimate of drug-likeness (QED) is 0.802. The van der Waals surface area contributed by atoms with E-state index in [1.807, 2.05) is 16.2 Å². The Kier molecular flexibility index (Phi) is 5.73. The zero-order valence-corrected chi connectivity index (χ0v) is 15.9. The van der Waals surface area contributed by atoms with E-state index in [0.29, 0.717) is 18.9 Å². The first-order chi connectivity index (χ1) is 12.3. The highest BCUT2D eigenvalue weighted by Crippen LogP contribution is 2.38. The molecule has 1 atom stereocenters. The number of hydrogen-bond acceptors (Lipinski definition) is 4. The van der Waals surface area contributed by atoms with Crippen molar-refractivity contribution in [1.29, 1.82) is 0 Å². The van der Waals surface area contributed by atoms with Gasteiger partial charge in [0, 0.05) is 48.4 Å². The number of thiophene rings is 1. The van der Waals surface area contributed by atoms with E-state index in [9.17, 15) is 4.79 Å². The second kappa shape index (κ2) is 8.19. The maximum absolute atomic E-state index is 12.5. The Morgan fingerprint density at radius 1 is 1.12 bits per heavy atom. The van der Waals surface area contributed by atoms with Crippen molar-refractivity contribution in [1.82, 2.24) is 9.80 Å². The van der Waals surface area contributed by atoms with Gasteiger partial charge in [0.15, 0.2) is 0 Å². The SMILES string of the molecule is O=C(C[C@@H]1COCCN1Cc1ccc(C2CCCC2)s1)N1CCCC1.